The molecule has 0 saturated heterocycles. The van der Waals surface area contributed by atoms with Crippen LogP contribution >= 0.6 is 0 Å². The molecule has 1 saturated carbocycles. The second-order valence-corrected chi connectivity index (χ2v) is 6.28. The van der Waals surface area contributed by atoms with Gasteiger partial charge in [0.15, 0.2) is 11.5 Å². The minimum Gasteiger partial charge on any atom is -0.486 e. The van der Waals surface area contributed by atoms with E-state index < -0.39 is 0 Å². The van der Waals surface area contributed by atoms with Gasteiger partial charge in [-0.2, -0.15) is 0 Å². The lowest BCUT2D eigenvalue weighted by Crippen LogP contribution is -2.24. The van der Waals surface area contributed by atoms with E-state index in [1.54, 1.807) is 13.3 Å². The molecule has 2 atom stereocenters. The molecule has 1 aliphatic heterocycles. The smallest absolute Gasteiger partial charge is 0.224 e. The lowest BCUT2D eigenvalue weighted by Gasteiger charge is -2.18. The van der Waals surface area contributed by atoms with Crippen LogP contribution in [0.25, 0.3) is 0 Å². The summed E-state index contributed by atoms with van der Waals surface area (Å²) in [6, 6.07) is 9.65. The van der Waals surface area contributed by atoms with Crippen molar-refractivity contribution in [2.24, 2.45) is 5.92 Å². The Labute approximate surface area is 146 Å². The van der Waals surface area contributed by atoms with Crippen LogP contribution in [0, 0.1) is 5.92 Å². The van der Waals surface area contributed by atoms with Crippen molar-refractivity contribution in [3.05, 3.63) is 47.7 Å². The molecule has 6 heteroatoms. The van der Waals surface area contributed by atoms with Crippen LogP contribution in [0.5, 0.6) is 17.4 Å². The number of nitrogens with zero attached hydrogens (tertiary/aromatic N) is 1. The van der Waals surface area contributed by atoms with Crippen molar-refractivity contribution in [1.29, 1.82) is 0 Å². The summed E-state index contributed by atoms with van der Waals surface area (Å²) < 4.78 is 16.3. The summed E-state index contributed by atoms with van der Waals surface area (Å²) in [5, 5.41) is 3.00. The van der Waals surface area contributed by atoms with Gasteiger partial charge in [0.2, 0.25) is 11.8 Å². The molecule has 2 aliphatic rings. The van der Waals surface area contributed by atoms with Crippen molar-refractivity contribution in [2.45, 2.75) is 18.9 Å². The molecule has 0 radical (unpaired) electrons. The molecule has 1 N–H and O–H groups in total. The number of carbonyl (C=O) groups is 1. The first-order valence-corrected chi connectivity index (χ1v) is 8.41. The average molecular weight is 340 g/mol. The fraction of sp³-hybridized carbons (Fsp3) is 0.368. The van der Waals surface area contributed by atoms with Gasteiger partial charge < -0.3 is 19.5 Å². The van der Waals surface area contributed by atoms with Crippen LogP contribution in [0.2, 0.25) is 0 Å². The molecular weight excluding hydrogens is 320 g/mol. The molecular formula is C19H20N2O4. The van der Waals surface area contributed by atoms with Gasteiger partial charge in [-0.3, -0.25) is 4.79 Å². The van der Waals surface area contributed by atoms with Gasteiger partial charge in [-0.1, -0.05) is 6.07 Å². The maximum atomic E-state index is 12.4. The van der Waals surface area contributed by atoms with Crippen LogP contribution < -0.4 is 19.5 Å². The number of benzene rings is 1. The molecule has 4 rings (SSSR count). The maximum absolute atomic E-state index is 12.4. The monoisotopic (exact) mass is 340 g/mol. The average Bonchev–Trinajstić information content (AvgIpc) is 3.47. The SMILES string of the molecule is COc1cc(CNC(=O)C2CC2c2ccc3c(c2)OCCO3)ccn1. The third-order valence-corrected chi connectivity index (χ3v) is 4.60. The van der Waals surface area contributed by atoms with Crippen LogP contribution in [-0.4, -0.2) is 31.2 Å². The molecule has 0 bridgehead atoms. The van der Waals surface area contributed by atoms with Gasteiger partial charge in [0.25, 0.3) is 0 Å². The molecule has 130 valence electrons. The van der Waals surface area contributed by atoms with Gasteiger partial charge in [0, 0.05) is 24.7 Å². The highest BCUT2D eigenvalue weighted by Gasteiger charge is 2.44. The first-order chi connectivity index (χ1) is 12.2. The molecule has 2 aromatic rings. The van der Waals surface area contributed by atoms with Gasteiger partial charge in [-0.25, -0.2) is 4.98 Å². The third kappa shape index (κ3) is 3.38. The Morgan fingerprint density at radius 1 is 1.24 bits per heavy atom. The molecule has 1 aliphatic carbocycles. The maximum Gasteiger partial charge on any atom is 0.224 e. The summed E-state index contributed by atoms with van der Waals surface area (Å²) in [5.74, 6) is 2.46. The number of amides is 1. The van der Waals surface area contributed by atoms with Crippen LogP contribution in [0.4, 0.5) is 0 Å². The summed E-state index contributed by atoms with van der Waals surface area (Å²) in [5.41, 5.74) is 2.10. The largest absolute Gasteiger partial charge is 0.486 e. The van der Waals surface area contributed by atoms with Crippen molar-refractivity contribution in [3.63, 3.8) is 0 Å². The first-order valence-electron chi connectivity index (χ1n) is 8.41. The molecule has 1 fully saturated rings. The van der Waals surface area contributed by atoms with E-state index in [1.165, 1.54) is 0 Å². The summed E-state index contributed by atoms with van der Waals surface area (Å²) >= 11 is 0. The van der Waals surface area contributed by atoms with E-state index in [0.29, 0.717) is 25.6 Å². The summed E-state index contributed by atoms with van der Waals surface area (Å²) in [6.45, 7) is 1.63. The molecule has 0 spiro atoms. The lowest BCUT2D eigenvalue weighted by atomic mass is 10.1. The summed E-state index contributed by atoms with van der Waals surface area (Å²) in [7, 11) is 1.58. The van der Waals surface area contributed by atoms with E-state index in [9.17, 15) is 4.79 Å². The fourth-order valence-electron chi connectivity index (χ4n) is 3.14. The van der Waals surface area contributed by atoms with E-state index in [-0.39, 0.29) is 17.7 Å². The van der Waals surface area contributed by atoms with Crippen LogP contribution in [0.3, 0.4) is 0 Å². The number of methoxy groups -OCH3 is 1. The second-order valence-electron chi connectivity index (χ2n) is 6.28. The topological polar surface area (TPSA) is 69.7 Å². The molecule has 6 nitrogen and oxygen atoms in total. The van der Waals surface area contributed by atoms with Crippen molar-refractivity contribution in [3.8, 4) is 17.4 Å². The standard InChI is InChI=1S/C19H20N2O4/c1-23-18-8-12(4-5-20-18)11-21-19(22)15-10-14(15)13-2-3-16-17(9-13)25-7-6-24-16/h2-5,8-9,14-15H,6-7,10-11H2,1H3,(H,21,22). The number of rotatable bonds is 5. The van der Waals surface area contributed by atoms with Crippen molar-refractivity contribution >= 4 is 5.91 Å². The van der Waals surface area contributed by atoms with E-state index in [4.69, 9.17) is 14.2 Å². The molecule has 2 heterocycles. The number of carbonyl (C=O) groups excluding carboxylic acids is 1. The number of hydrogen-bond acceptors (Lipinski definition) is 5. The van der Waals surface area contributed by atoms with Crippen LogP contribution in [0.1, 0.15) is 23.5 Å². The van der Waals surface area contributed by atoms with E-state index in [0.717, 1.165) is 29.0 Å². The summed E-state index contributed by atoms with van der Waals surface area (Å²) in [6.07, 6.45) is 2.54. The Kier molecular flexibility index (Phi) is 4.17. The highest BCUT2D eigenvalue weighted by molar-refractivity contribution is 5.83. The minimum atomic E-state index is 0.0197. The Hall–Kier alpha value is -2.76. The second kappa shape index (κ2) is 6.63. The number of pyridine rings is 1. The zero-order valence-corrected chi connectivity index (χ0v) is 14.0. The van der Waals surface area contributed by atoms with Gasteiger partial charge in [-0.15, -0.1) is 0 Å². The Morgan fingerprint density at radius 3 is 2.92 bits per heavy atom. The molecule has 2 unspecified atom stereocenters. The van der Waals surface area contributed by atoms with Gasteiger partial charge in [-0.05, 0) is 41.7 Å². The van der Waals surface area contributed by atoms with Gasteiger partial charge in [0.1, 0.15) is 13.2 Å². The normalized spacial score (nSPS) is 20.7. The predicted octanol–water partition coefficient (Wildman–Crippen LogP) is 2.28. The van der Waals surface area contributed by atoms with Crippen LogP contribution in [-0.2, 0) is 11.3 Å². The van der Waals surface area contributed by atoms with Gasteiger partial charge >= 0.3 is 0 Å². The van der Waals surface area contributed by atoms with E-state index >= 15 is 0 Å². The molecule has 1 amide bonds. The van der Waals surface area contributed by atoms with E-state index in [1.807, 2.05) is 30.3 Å². The van der Waals surface area contributed by atoms with Crippen LogP contribution in [0.15, 0.2) is 36.5 Å². The Morgan fingerprint density at radius 2 is 2.08 bits per heavy atom. The number of aromatic nitrogens is 1. The van der Waals surface area contributed by atoms with Gasteiger partial charge in [0.05, 0.1) is 7.11 Å². The molecule has 1 aromatic heterocycles. The lowest BCUT2D eigenvalue weighted by molar-refractivity contribution is -0.122. The zero-order valence-electron chi connectivity index (χ0n) is 14.0. The number of nitrogens with one attached hydrogen (secondary N) is 1. The quantitative estimate of drug-likeness (QED) is 0.904. The number of fused-ring (bicyclic) bond motifs is 1. The minimum absolute atomic E-state index is 0.0197. The first kappa shape index (κ1) is 15.7. The number of hydrogen-bond donors (Lipinski definition) is 1. The fourth-order valence-corrected chi connectivity index (χ4v) is 3.14. The third-order valence-electron chi connectivity index (χ3n) is 4.60. The molecule has 25 heavy (non-hydrogen) atoms. The van der Waals surface area contributed by atoms with Crippen molar-refractivity contribution in [2.75, 3.05) is 20.3 Å². The zero-order chi connectivity index (χ0) is 17.2. The number of ether oxygens (including phenoxy) is 3. The Bertz CT molecular complexity index is 793. The highest BCUT2D eigenvalue weighted by atomic mass is 16.6. The summed E-state index contributed by atoms with van der Waals surface area (Å²) in [4.78, 5) is 16.5. The van der Waals surface area contributed by atoms with Crippen molar-refractivity contribution < 1.29 is 19.0 Å². The molecule has 1 aromatic carbocycles. The highest BCUT2D eigenvalue weighted by Crippen LogP contribution is 2.49. The Balaban J connectivity index is 1.35. The van der Waals surface area contributed by atoms with Crippen molar-refractivity contribution in [1.82, 2.24) is 10.3 Å². The van der Waals surface area contributed by atoms with E-state index in [2.05, 4.69) is 10.3 Å². The predicted molar refractivity (Wildman–Crippen MR) is 90.9 cm³/mol.